The predicted octanol–water partition coefficient (Wildman–Crippen LogP) is 6.44. The molecule has 0 amide bonds. The Hall–Kier alpha value is -2.28. The molecule has 0 saturated heterocycles. The summed E-state index contributed by atoms with van der Waals surface area (Å²) in [5, 5.41) is 3.74. The highest BCUT2D eigenvalue weighted by Gasteiger charge is 2.29. The van der Waals surface area contributed by atoms with Crippen LogP contribution in [0.5, 0.6) is 0 Å². The van der Waals surface area contributed by atoms with Gasteiger partial charge in [0.2, 0.25) is 0 Å². The van der Waals surface area contributed by atoms with Crippen LogP contribution >= 0.6 is 0 Å². The molecule has 26 heavy (non-hydrogen) atoms. The van der Waals surface area contributed by atoms with E-state index in [-0.39, 0.29) is 0 Å². The average molecular weight is 344 g/mol. The van der Waals surface area contributed by atoms with E-state index in [2.05, 4.69) is 79.1 Å². The molecule has 4 rings (SSSR count). The maximum absolute atomic E-state index is 3.74. The van der Waals surface area contributed by atoms with Crippen LogP contribution in [0.15, 0.2) is 72.4 Å². The summed E-state index contributed by atoms with van der Waals surface area (Å²) in [5.41, 5.74) is 7.41. The van der Waals surface area contributed by atoms with Gasteiger partial charge in [0, 0.05) is 6.20 Å². The second-order valence-electron chi connectivity index (χ2n) is 7.69. The van der Waals surface area contributed by atoms with Gasteiger partial charge in [-0.05, 0) is 59.4 Å². The van der Waals surface area contributed by atoms with E-state index in [4.69, 9.17) is 0 Å². The Kier molecular flexibility index (Phi) is 5.24. The SMILES string of the molecule is CCCCC(N/C=C1/C=C2c3ccccc3CC2CC1)c1ccccc1. The summed E-state index contributed by atoms with van der Waals surface area (Å²) in [6.45, 7) is 2.27. The Labute approximate surface area is 157 Å². The summed E-state index contributed by atoms with van der Waals surface area (Å²) in [6, 6.07) is 20.2. The van der Waals surface area contributed by atoms with Gasteiger partial charge < -0.3 is 5.32 Å². The summed E-state index contributed by atoms with van der Waals surface area (Å²) in [7, 11) is 0. The van der Waals surface area contributed by atoms with Crippen molar-refractivity contribution in [3.8, 4) is 0 Å². The highest BCUT2D eigenvalue weighted by molar-refractivity contribution is 5.77. The van der Waals surface area contributed by atoms with E-state index in [0.29, 0.717) is 6.04 Å². The number of hydrogen-bond donors (Lipinski definition) is 1. The van der Waals surface area contributed by atoms with Crippen molar-refractivity contribution in [2.75, 3.05) is 0 Å². The highest BCUT2D eigenvalue weighted by atomic mass is 14.9. The third kappa shape index (κ3) is 3.62. The molecule has 2 unspecified atom stereocenters. The standard InChI is InChI=1S/C25H29N/c1-2-3-13-25(20-9-5-4-6-10-20)26-18-19-14-15-22-17-21-11-7-8-12-23(21)24(22)16-19/h4-12,16,18,22,25-26H,2-3,13-15,17H2,1H3/b19-18+. The van der Waals surface area contributed by atoms with Crippen LogP contribution in [-0.2, 0) is 6.42 Å². The summed E-state index contributed by atoms with van der Waals surface area (Å²) < 4.78 is 0. The van der Waals surface area contributed by atoms with Gasteiger partial charge in [-0.1, -0.05) is 80.4 Å². The molecule has 0 radical (unpaired) electrons. The second-order valence-corrected chi connectivity index (χ2v) is 7.69. The van der Waals surface area contributed by atoms with Gasteiger partial charge in [0.1, 0.15) is 0 Å². The molecule has 2 aromatic carbocycles. The quantitative estimate of drug-likeness (QED) is 0.636. The van der Waals surface area contributed by atoms with Gasteiger partial charge >= 0.3 is 0 Å². The first-order valence-corrected chi connectivity index (χ1v) is 10.1. The van der Waals surface area contributed by atoms with E-state index < -0.39 is 0 Å². The molecule has 0 saturated carbocycles. The molecule has 0 bridgehead atoms. The highest BCUT2D eigenvalue weighted by Crippen LogP contribution is 2.43. The third-order valence-corrected chi connectivity index (χ3v) is 5.88. The fourth-order valence-corrected chi connectivity index (χ4v) is 4.40. The van der Waals surface area contributed by atoms with Crippen molar-refractivity contribution in [2.24, 2.45) is 5.92 Å². The van der Waals surface area contributed by atoms with Gasteiger partial charge in [-0.25, -0.2) is 0 Å². The Morgan fingerprint density at radius 2 is 1.88 bits per heavy atom. The predicted molar refractivity (Wildman–Crippen MR) is 111 cm³/mol. The minimum absolute atomic E-state index is 0.413. The van der Waals surface area contributed by atoms with Crippen molar-refractivity contribution in [1.82, 2.24) is 5.32 Å². The van der Waals surface area contributed by atoms with Crippen molar-refractivity contribution in [2.45, 2.75) is 51.5 Å². The number of fused-ring (bicyclic) bond motifs is 3. The minimum Gasteiger partial charge on any atom is -0.384 e. The summed E-state index contributed by atoms with van der Waals surface area (Å²) in [5.74, 6) is 0.731. The Balaban J connectivity index is 1.53. The normalized spacial score (nSPS) is 21.0. The molecule has 1 nitrogen and oxygen atoms in total. The molecule has 2 aromatic rings. The molecule has 0 fully saturated rings. The molecule has 0 aliphatic heterocycles. The maximum atomic E-state index is 3.74. The molecule has 0 aromatic heterocycles. The largest absolute Gasteiger partial charge is 0.384 e. The lowest BCUT2D eigenvalue weighted by Crippen LogP contribution is -2.17. The summed E-state index contributed by atoms with van der Waals surface area (Å²) in [6.07, 6.45) is 12.1. The lowest BCUT2D eigenvalue weighted by Gasteiger charge is -2.22. The number of allylic oxidation sites excluding steroid dienone is 3. The van der Waals surface area contributed by atoms with Gasteiger partial charge in [-0.2, -0.15) is 0 Å². The van der Waals surface area contributed by atoms with Crippen LogP contribution in [0.2, 0.25) is 0 Å². The fraction of sp³-hybridized carbons (Fsp3) is 0.360. The number of benzene rings is 2. The van der Waals surface area contributed by atoms with Gasteiger partial charge in [-0.3, -0.25) is 0 Å². The first-order chi connectivity index (χ1) is 12.8. The molecule has 1 N–H and O–H groups in total. The van der Waals surface area contributed by atoms with Crippen molar-refractivity contribution in [3.05, 3.63) is 89.1 Å². The maximum Gasteiger partial charge on any atom is 0.0508 e. The zero-order valence-corrected chi connectivity index (χ0v) is 15.7. The lowest BCUT2D eigenvalue weighted by molar-refractivity contribution is 0.536. The number of nitrogens with one attached hydrogen (secondary N) is 1. The van der Waals surface area contributed by atoms with Crippen molar-refractivity contribution >= 4 is 5.57 Å². The zero-order chi connectivity index (χ0) is 17.8. The number of unbranched alkanes of at least 4 members (excludes halogenated alkanes) is 1. The van der Waals surface area contributed by atoms with E-state index in [1.807, 2.05) is 0 Å². The molecule has 1 heteroatoms. The monoisotopic (exact) mass is 343 g/mol. The Morgan fingerprint density at radius 3 is 2.73 bits per heavy atom. The first-order valence-electron chi connectivity index (χ1n) is 10.1. The van der Waals surface area contributed by atoms with E-state index >= 15 is 0 Å². The minimum atomic E-state index is 0.413. The first kappa shape index (κ1) is 17.1. The second kappa shape index (κ2) is 7.95. The topological polar surface area (TPSA) is 12.0 Å². The van der Waals surface area contributed by atoms with Gasteiger partial charge in [0.05, 0.1) is 6.04 Å². The lowest BCUT2D eigenvalue weighted by atomic mass is 9.86. The molecular formula is C25H29N. The van der Waals surface area contributed by atoms with Crippen LogP contribution in [0, 0.1) is 5.92 Å². The Bertz CT molecular complexity index is 800. The molecular weight excluding hydrogens is 314 g/mol. The molecule has 134 valence electrons. The summed E-state index contributed by atoms with van der Waals surface area (Å²) >= 11 is 0. The fourth-order valence-electron chi connectivity index (χ4n) is 4.40. The molecule has 2 aliphatic carbocycles. The molecule has 2 atom stereocenters. The van der Waals surface area contributed by atoms with Gasteiger partial charge in [-0.15, -0.1) is 0 Å². The van der Waals surface area contributed by atoms with E-state index in [9.17, 15) is 0 Å². The molecule has 2 aliphatic rings. The van der Waals surface area contributed by atoms with Crippen molar-refractivity contribution in [1.29, 1.82) is 0 Å². The molecule has 0 spiro atoms. The third-order valence-electron chi connectivity index (χ3n) is 5.88. The van der Waals surface area contributed by atoms with Crippen LogP contribution in [0.3, 0.4) is 0 Å². The van der Waals surface area contributed by atoms with E-state index in [1.54, 1.807) is 5.57 Å². The van der Waals surface area contributed by atoms with Crippen LogP contribution in [0.1, 0.15) is 61.8 Å². The number of hydrogen-bond acceptors (Lipinski definition) is 1. The molecule has 0 heterocycles. The van der Waals surface area contributed by atoms with Gasteiger partial charge in [0.25, 0.3) is 0 Å². The number of rotatable bonds is 6. The van der Waals surface area contributed by atoms with E-state index in [1.165, 1.54) is 60.8 Å². The van der Waals surface area contributed by atoms with Crippen LogP contribution in [-0.4, -0.2) is 0 Å². The van der Waals surface area contributed by atoms with Crippen molar-refractivity contribution < 1.29 is 0 Å². The van der Waals surface area contributed by atoms with Crippen LogP contribution in [0.4, 0.5) is 0 Å². The average Bonchev–Trinajstić information content (AvgIpc) is 3.07. The summed E-state index contributed by atoms with van der Waals surface area (Å²) in [4.78, 5) is 0. The van der Waals surface area contributed by atoms with E-state index in [0.717, 1.165) is 5.92 Å². The van der Waals surface area contributed by atoms with Gasteiger partial charge in [0.15, 0.2) is 0 Å². The van der Waals surface area contributed by atoms with Crippen LogP contribution in [0.25, 0.3) is 5.57 Å². The van der Waals surface area contributed by atoms with Crippen LogP contribution < -0.4 is 5.32 Å². The van der Waals surface area contributed by atoms with Crippen molar-refractivity contribution in [3.63, 3.8) is 0 Å². The Morgan fingerprint density at radius 1 is 1.08 bits per heavy atom. The smallest absolute Gasteiger partial charge is 0.0508 e. The zero-order valence-electron chi connectivity index (χ0n) is 15.7.